The molecule has 0 aromatic heterocycles. The van der Waals surface area contributed by atoms with E-state index in [1.54, 1.807) is 0 Å². The topological polar surface area (TPSA) is 9.23 Å². The maximum Gasteiger partial charge on any atom is 0.124 e. The Morgan fingerprint density at radius 3 is 2.33 bits per heavy atom. The van der Waals surface area contributed by atoms with E-state index in [0.29, 0.717) is 22.7 Å². The number of ether oxygens (including phenoxy) is 1. The molecule has 0 saturated carbocycles. The van der Waals surface area contributed by atoms with Gasteiger partial charge in [-0.3, -0.25) is 0 Å². The lowest BCUT2D eigenvalue weighted by molar-refractivity contribution is 0.107. The van der Waals surface area contributed by atoms with Crippen LogP contribution in [0.25, 0.3) is 0 Å². The molecule has 0 aliphatic carbocycles. The fraction of sp³-hybridized carbons (Fsp3) is 0.143. The third kappa shape index (κ3) is 4.09. The van der Waals surface area contributed by atoms with Crippen LogP contribution in [0.1, 0.15) is 11.1 Å². The van der Waals surface area contributed by atoms with Crippen LogP contribution in [0.15, 0.2) is 46.9 Å². The quantitative estimate of drug-likeness (QED) is 0.770. The fourth-order valence-electron chi connectivity index (χ4n) is 1.56. The molecule has 0 spiro atoms. The predicted octanol–water partition coefficient (Wildman–Crippen LogP) is 4.96. The average Bonchev–Trinajstić information content (AvgIpc) is 2.30. The SMILES string of the molecule is Fc1cc(Br)cc(COCc2ccc(Cl)cc2)c1. The molecule has 0 saturated heterocycles. The Bertz CT molecular complexity index is 508. The van der Waals surface area contributed by atoms with Gasteiger partial charge in [-0.15, -0.1) is 0 Å². The Kier molecular flexibility index (Phi) is 4.75. The van der Waals surface area contributed by atoms with Crippen molar-refractivity contribution in [1.82, 2.24) is 0 Å². The first kappa shape index (κ1) is 13.5. The van der Waals surface area contributed by atoms with E-state index in [0.717, 1.165) is 11.1 Å². The van der Waals surface area contributed by atoms with Crippen molar-refractivity contribution in [2.75, 3.05) is 0 Å². The Balaban J connectivity index is 1.90. The van der Waals surface area contributed by atoms with Crippen molar-refractivity contribution >= 4 is 27.5 Å². The molecule has 0 aliphatic rings. The van der Waals surface area contributed by atoms with Gasteiger partial charge in [-0.05, 0) is 41.5 Å². The molecule has 0 aliphatic heterocycles. The van der Waals surface area contributed by atoms with E-state index in [1.807, 2.05) is 30.3 Å². The lowest BCUT2D eigenvalue weighted by Gasteiger charge is -2.05. The third-order valence-corrected chi connectivity index (χ3v) is 3.08. The van der Waals surface area contributed by atoms with Crippen LogP contribution in [0.4, 0.5) is 4.39 Å². The summed E-state index contributed by atoms with van der Waals surface area (Å²) in [6.07, 6.45) is 0. The van der Waals surface area contributed by atoms with E-state index in [4.69, 9.17) is 16.3 Å². The van der Waals surface area contributed by atoms with Crippen LogP contribution < -0.4 is 0 Å². The highest BCUT2D eigenvalue weighted by atomic mass is 79.9. The largest absolute Gasteiger partial charge is 0.372 e. The van der Waals surface area contributed by atoms with Crippen molar-refractivity contribution in [3.63, 3.8) is 0 Å². The van der Waals surface area contributed by atoms with E-state index >= 15 is 0 Å². The van der Waals surface area contributed by atoms with Crippen molar-refractivity contribution in [2.24, 2.45) is 0 Å². The Hall–Kier alpha value is -0.900. The lowest BCUT2D eigenvalue weighted by atomic mass is 10.2. The Morgan fingerprint density at radius 2 is 1.67 bits per heavy atom. The molecular weight excluding hydrogens is 319 g/mol. The summed E-state index contributed by atoms with van der Waals surface area (Å²) in [6, 6.07) is 12.2. The Morgan fingerprint density at radius 1 is 1.00 bits per heavy atom. The van der Waals surface area contributed by atoms with Crippen molar-refractivity contribution in [1.29, 1.82) is 0 Å². The summed E-state index contributed by atoms with van der Waals surface area (Å²) in [6.45, 7) is 0.851. The van der Waals surface area contributed by atoms with Gasteiger partial charge in [0.05, 0.1) is 13.2 Å². The minimum atomic E-state index is -0.269. The van der Waals surface area contributed by atoms with Crippen LogP contribution in [0.3, 0.4) is 0 Å². The monoisotopic (exact) mass is 328 g/mol. The van der Waals surface area contributed by atoms with Crippen LogP contribution in [-0.2, 0) is 18.0 Å². The second-order valence-corrected chi connectivity index (χ2v) is 5.25. The molecule has 0 atom stereocenters. The van der Waals surface area contributed by atoms with Crippen LogP contribution in [-0.4, -0.2) is 0 Å². The van der Waals surface area contributed by atoms with Gasteiger partial charge in [0.1, 0.15) is 5.82 Å². The molecule has 2 aromatic rings. The normalized spacial score (nSPS) is 10.6. The molecule has 18 heavy (non-hydrogen) atoms. The van der Waals surface area contributed by atoms with Gasteiger partial charge in [0, 0.05) is 9.50 Å². The molecule has 0 bridgehead atoms. The van der Waals surface area contributed by atoms with Gasteiger partial charge in [0.15, 0.2) is 0 Å². The molecule has 0 fully saturated rings. The molecule has 0 amide bonds. The summed E-state index contributed by atoms with van der Waals surface area (Å²) in [5.41, 5.74) is 1.84. The smallest absolute Gasteiger partial charge is 0.124 e. The van der Waals surface area contributed by atoms with Gasteiger partial charge in [0.25, 0.3) is 0 Å². The number of hydrogen-bond donors (Lipinski definition) is 0. The first-order valence-electron chi connectivity index (χ1n) is 5.40. The van der Waals surface area contributed by atoms with Crippen molar-refractivity contribution in [3.05, 3.63) is 68.9 Å². The predicted molar refractivity (Wildman–Crippen MR) is 74.0 cm³/mol. The van der Waals surface area contributed by atoms with Crippen molar-refractivity contribution in [2.45, 2.75) is 13.2 Å². The summed E-state index contributed by atoms with van der Waals surface area (Å²) in [7, 11) is 0. The second kappa shape index (κ2) is 6.32. The van der Waals surface area contributed by atoms with Gasteiger partial charge in [-0.2, -0.15) is 0 Å². The van der Waals surface area contributed by atoms with Gasteiger partial charge in [-0.25, -0.2) is 4.39 Å². The van der Waals surface area contributed by atoms with E-state index in [1.165, 1.54) is 12.1 Å². The average molecular weight is 330 g/mol. The van der Waals surface area contributed by atoms with Crippen LogP contribution >= 0.6 is 27.5 Å². The van der Waals surface area contributed by atoms with Crippen LogP contribution in [0, 0.1) is 5.82 Å². The summed E-state index contributed by atoms with van der Waals surface area (Å²) >= 11 is 9.04. The van der Waals surface area contributed by atoms with Gasteiger partial charge >= 0.3 is 0 Å². The highest BCUT2D eigenvalue weighted by molar-refractivity contribution is 9.10. The minimum Gasteiger partial charge on any atom is -0.372 e. The van der Waals surface area contributed by atoms with Gasteiger partial charge < -0.3 is 4.74 Å². The second-order valence-electron chi connectivity index (χ2n) is 3.90. The van der Waals surface area contributed by atoms with Gasteiger partial charge in [-0.1, -0.05) is 39.7 Å². The molecule has 94 valence electrons. The zero-order valence-corrected chi connectivity index (χ0v) is 11.8. The first-order valence-corrected chi connectivity index (χ1v) is 6.58. The highest BCUT2D eigenvalue weighted by Gasteiger charge is 2.00. The van der Waals surface area contributed by atoms with E-state index in [2.05, 4.69) is 15.9 Å². The molecule has 0 unspecified atom stereocenters. The molecule has 0 N–H and O–H groups in total. The molecule has 2 rings (SSSR count). The number of rotatable bonds is 4. The molecule has 2 aromatic carbocycles. The standard InChI is InChI=1S/C14H11BrClFO/c15-12-5-11(6-14(17)7-12)9-18-8-10-1-3-13(16)4-2-10/h1-7H,8-9H2. The fourth-order valence-corrected chi connectivity index (χ4v) is 2.20. The maximum atomic E-state index is 13.1. The van der Waals surface area contributed by atoms with Crippen molar-refractivity contribution in [3.8, 4) is 0 Å². The van der Waals surface area contributed by atoms with E-state index < -0.39 is 0 Å². The third-order valence-electron chi connectivity index (χ3n) is 2.37. The summed E-state index contributed by atoms with van der Waals surface area (Å²) in [5.74, 6) is -0.269. The number of benzene rings is 2. The highest BCUT2D eigenvalue weighted by Crippen LogP contribution is 2.16. The van der Waals surface area contributed by atoms with Crippen molar-refractivity contribution < 1.29 is 9.13 Å². The van der Waals surface area contributed by atoms with Crippen LogP contribution in [0.2, 0.25) is 5.02 Å². The summed E-state index contributed by atoms with van der Waals surface area (Å²) < 4.78 is 19.4. The van der Waals surface area contributed by atoms with E-state index in [-0.39, 0.29) is 5.82 Å². The zero-order valence-electron chi connectivity index (χ0n) is 9.50. The van der Waals surface area contributed by atoms with Crippen LogP contribution in [0.5, 0.6) is 0 Å². The van der Waals surface area contributed by atoms with E-state index in [9.17, 15) is 4.39 Å². The molecule has 0 radical (unpaired) electrons. The lowest BCUT2D eigenvalue weighted by Crippen LogP contribution is -1.95. The number of halogens is 3. The minimum absolute atomic E-state index is 0.269. The maximum absolute atomic E-state index is 13.1. The summed E-state index contributed by atoms with van der Waals surface area (Å²) in [5, 5.41) is 0.702. The summed E-state index contributed by atoms with van der Waals surface area (Å²) in [4.78, 5) is 0. The first-order chi connectivity index (χ1) is 8.63. The molecule has 4 heteroatoms. The molecule has 1 nitrogen and oxygen atoms in total. The molecular formula is C14H11BrClFO. The zero-order chi connectivity index (χ0) is 13.0. The molecule has 0 heterocycles. The Labute approximate surface area is 119 Å². The number of hydrogen-bond acceptors (Lipinski definition) is 1. The van der Waals surface area contributed by atoms with Gasteiger partial charge in [0.2, 0.25) is 0 Å².